The zero-order valence-electron chi connectivity index (χ0n) is 10.5. The highest BCUT2D eigenvalue weighted by molar-refractivity contribution is 5.27. The van der Waals surface area contributed by atoms with Crippen molar-refractivity contribution < 1.29 is 9.50 Å². The van der Waals surface area contributed by atoms with Crippen molar-refractivity contribution in [2.45, 2.75) is 26.4 Å². The summed E-state index contributed by atoms with van der Waals surface area (Å²) in [5.41, 5.74) is 3.27. The molecule has 0 fully saturated rings. The molecule has 94 valence electrons. The van der Waals surface area contributed by atoms with Gasteiger partial charge in [-0.1, -0.05) is 12.1 Å². The van der Waals surface area contributed by atoms with Crippen LogP contribution in [0.25, 0.3) is 0 Å². The lowest BCUT2D eigenvalue weighted by Gasteiger charge is -2.13. The van der Waals surface area contributed by atoms with Crippen molar-refractivity contribution in [1.29, 1.82) is 0 Å². The molecule has 0 radical (unpaired) electrons. The molecule has 1 N–H and O–H groups in total. The molecular formula is C15H16FNO. The minimum atomic E-state index is -0.729. The van der Waals surface area contributed by atoms with Crippen LogP contribution in [0.4, 0.5) is 4.39 Å². The minimum absolute atomic E-state index is 0.318. The highest BCUT2D eigenvalue weighted by atomic mass is 19.1. The molecule has 0 aliphatic carbocycles. The van der Waals surface area contributed by atoms with Crippen molar-refractivity contribution in [3.63, 3.8) is 0 Å². The first-order chi connectivity index (χ1) is 8.56. The van der Waals surface area contributed by atoms with E-state index in [9.17, 15) is 9.50 Å². The van der Waals surface area contributed by atoms with E-state index < -0.39 is 6.10 Å². The molecule has 1 aromatic heterocycles. The minimum Gasteiger partial charge on any atom is -0.388 e. The van der Waals surface area contributed by atoms with Crippen LogP contribution in [0, 0.1) is 19.7 Å². The number of halogens is 1. The summed E-state index contributed by atoms with van der Waals surface area (Å²) < 4.78 is 13.3. The predicted molar refractivity (Wildman–Crippen MR) is 68.8 cm³/mol. The van der Waals surface area contributed by atoms with Gasteiger partial charge in [0.15, 0.2) is 0 Å². The molecule has 1 aromatic carbocycles. The molecule has 2 nitrogen and oxygen atoms in total. The summed E-state index contributed by atoms with van der Waals surface area (Å²) in [6.07, 6.45) is 1.37. The second-order valence-corrected chi connectivity index (χ2v) is 4.55. The Labute approximate surface area is 106 Å². The molecule has 2 aromatic rings. The van der Waals surface area contributed by atoms with Crippen LogP contribution in [-0.2, 0) is 6.42 Å². The molecule has 3 heteroatoms. The fourth-order valence-electron chi connectivity index (χ4n) is 1.99. The number of hydrogen-bond donors (Lipinski definition) is 1. The van der Waals surface area contributed by atoms with E-state index in [1.54, 1.807) is 12.3 Å². The summed E-state index contributed by atoms with van der Waals surface area (Å²) in [4.78, 5) is 4.23. The fraction of sp³-hybridized carbons (Fsp3) is 0.267. The van der Waals surface area contributed by atoms with E-state index in [4.69, 9.17) is 0 Å². The Bertz CT molecular complexity index is 534. The smallest absolute Gasteiger partial charge is 0.123 e. The lowest BCUT2D eigenvalue weighted by molar-refractivity contribution is 0.176. The van der Waals surface area contributed by atoms with E-state index in [0.717, 1.165) is 16.8 Å². The standard InChI is InChI=1S/C15H16FNO/c1-10-6-12(8-13(16)7-10)15(18)9-14-11(2)4-3-5-17-14/h3-8,15,18H,9H2,1-2H3. The molecule has 0 amide bonds. The van der Waals surface area contributed by atoms with Crippen molar-refractivity contribution in [1.82, 2.24) is 4.98 Å². The van der Waals surface area contributed by atoms with Crippen LogP contribution in [0.3, 0.4) is 0 Å². The quantitative estimate of drug-likeness (QED) is 0.901. The largest absolute Gasteiger partial charge is 0.388 e. The lowest BCUT2D eigenvalue weighted by Crippen LogP contribution is -2.05. The van der Waals surface area contributed by atoms with E-state index in [1.807, 2.05) is 26.0 Å². The van der Waals surface area contributed by atoms with Crippen molar-refractivity contribution in [3.05, 3.63) is 64.7 Å². The van der Waals surface area contributed by atoms with Crippen molar-refractivity contribution in [3.8, 4) is 0 Å². The number of rotatable bonds is 3. The average Bonchev–Trinajstić information content (AvgIpc) is 2.31. The maximum atomic E-state index is 13.3. The van der Waals surface area contributed by atoms with E-state index in [1.165, 1.54) is 12.1 Å². The van der Waals surface area contributed by atoms with E-state index in [-0.39, 0.29) is 5.82 Å². The van der Waals surface area contributed by atoms with Gasteiger partial charge in [-0.25, -0.2) is 4.39 Å². The molecule has 0 spiro atoms. The van der Waals surface area contributed by atoms with Gasteiger partial charge < -0.3 is 5.11 Å². The number of nitrogens with zero attached hydrogens (tertiary/aromatic N) is 1. The van der Waals surface area contributed by atoms with Gasteiger partial charge in [0.1, 0.15) is 5.82 Å². The second-order valence-electron chi connectivity index (χ2n) is 4.55. The van der Waals surface area contributed by atoms with Crippen LogP contribution in [-0.4, -0.2) is 10.1 Å². The number of aliphatic hydroxyl groups excluding tert-OH is 1. The van der Waals surface area contributed by atoms with Gasteiger partial charge in [0.2, 0.25) is 0 Å². The first-order valence-corrected chi connectivity index (χ1v) is 5.92. The van der Waals surface area contributed by atoms with Crippen LogP contribution in [0.5, 0.6) is 0 Å². The number of aryl methyl sites for hydroxylation is 2. The van der Waals surface area contributed by atoms with Crippen LogP contribution in [0.2, 0.25) is 0 Å². The van der Waals surface area contributed by atoms with Gasteiger partial charge in [0.25, 0.3) is 0 Å². The third-order valence-electron chi connectivity index (χ3n) is 2.95. The summed E-state index contributed by atoms with van der Waals surface area (Å²) in [6, 6.07) is 8.42. The topological polar surface area (TPSA) is 33.1 Å². The fourth-order valence-corrected chi connectivity index (χ4v) is 1.99. The molecule has 1 atom stereocenters. The number of hydrogen-bond acceptors (Lipinski definition) is 2. The normalized spacial score (nSPS) is 12.4. The van der Waals surface area contributed by atoms with Gasteiger partial charge in [-0.2, -0.15) is 0 Å². The number of aliphatic hydroxyl groups is 1. The average molecular weight is 245 g/mol. The van der Waals surface area contributed by atoms with Crippen LogP contribution >= 0.6 is 0 Å². The Morgan fingerprint density at radius 3 is 2.72 bits per heavy atom. The van der Waals surface area contributed by atoms with Crippen molar-refractivity contribution in [2.24, 2.45) is 0 Å². The highest BCUT2D eigenvalue weighted by Gasteiger charge is 2.12. The van der Waals surface area contributed by atoms with Gasteiger partial charge >= 0.3 is 0 Å². The summed E-state index contributed by atoms with van der Waals surface area (Å²) in [6.45, 7) is 3.76. The predicted octanol–water partition coefficient (Wildman–Crippen LogP) is 3.11. The summed E-state index contributed by atoms with van der Waals surface area (Å²) >= 11 is 0. The molecule has 0 aliphatic heterocycles. The second kappa shape index (κ2) is 5.27. The third-order valence-corrected chi connectivity index (χ3v) is 2.95. The monoisotopic (exact) mass is 245 g/mol. The molecular weight excluding hydrogens is 229 g/mol. The van der Waals surface area contributed by atoms with Gasteiger partial charge in [0, 0.05) is 18.3 Å². The molecule has 1 heterocycles. The summed E-state index contributed by atoms with van der Waals surface area (Å²) in [5.74, 6) is -0.318. The highest BCUT2D eigenvalue weighted by Crippen LogP contribution is 2.21. The van der Waals surface area contributed by atoms with Crippen LogP contribution < -0.4 is 0 Å². The number of pyridine rings is 1. The lowest BCUT2D eigenvalue weighted by atomic mass is 10.0. The first kappa shape index (κ1) is 12.7. The SMILES string of the molecule is Cc1cc(F)cc(C(O)Cc2ncccc2C)c1. The van der Waals surface area contributed by atoms with Crippen molar-refractivity contribution in [2.75, 3.05) is 0 Å². The Morgan fingerprint density at radius 1 is 1.28 bits per heavy atom. The van der Waals surface area contributed by atoms with Gasteiger partial charge in [0.05, 0.1) is 6.10 Å². The molecule has 2 rings (SSSR count). The maximum Gasteiger partial charge on any atom is 0.123 e. The molecule has 0 aliphatic rings. The Balaban J connectivity index is 2.22. The van der Waals surface area contributed by atoms with Crippen molar-refractivity contribution >= 4 is 0 Å². The molecule has 18 heavy (non-hydrogen) atoms. The van der Waals surface area contributed by atoms with Gasteiger partial charge in [-0.3, -0.25) is 4.98 Å². The summed E-state index contributed by atoms with van der Waals surface area (Å²) in [5, 5.41) is 10.1. The van der Waals surface area contributed by atoms with Gasteiger partial charge in [-0.05, 0) is 48.7 Å². The third kappa shape index (κ3) is 2.93. The first-order valence-electron chi connectivity index (χ1n) is 5.92. The zero-order chi connectivity index (χ0) is 13.1. The Hall–Kier alpha value is -1.74. The Morgan fingerprint density at radius 2 is 2.06 bits per heavy atom. The molecule has 1 unspecified atom stereocenters. The molecule has 0 bridgehead atoms. The van der Waals surface area contributed by atoms with Gasteiger partial charge in [-0.15, -0.1) is 0 Å². The van der Waals surface area contributed by atoms with E-state index >= 15 is 0 Å². The molecule has 0 saturated carbocycles. The molecule has 0 saturated heterocycles. The maximum absolute atomic E-state index is 13.3. The van der Waals surface area contributed by atoms with Crippen LogP contribution in [0.15, 0.2) is 36.5 Å². The number of benzene rings is 1. The number of aromatic nitrogens is 1. The van der Waals surface area contributed by atoms with E-state index in [2.05, 4.69) is 4.98 Å². The Kier molecular flexibility index (Phi) is 3.72. The van der Waals surface area contributed by atoms with E-state index in [0.29, 0.717) is 12.0 Å². The van der Waals surface area contributed by atoms with Crippen LogP contribution in [0.1, 0.15) is 28.5 Å². The zero-order valence-corrected chi connectivity index (χ0v) is 10.5. The summed E-state index contributed by atoms with van der Waals surface area (Å²) in [7, 11) is 0.